The summed E-state index contributed by atoms with van der Waals surface area (Å²) in [6, 6.07) is 14.1. The van der Waals surface area contributed by atoms with E-state index in [9.17, 15) is 13.2 Å². The van der Waals surface area contributed by atoms with Gasteiger partial charge in [0, 0.05) is 11.4 Å². The fourth-order valence-electron chi connectivity index (χ4n) is 3.11. The number of aromatic nitrogens is 2. The summed E-state index contributed by atoms with van der Waals surface area (Å²) >= 11 is 0. The van der Waals surface area contributed by atoms with E-state index in [-0.39, 0.29) is 22.2 Å². The Morgan fingerprint density at radius 1 is 1.17 bits per heavy atom. The zero-order valence-electron chi connectivity index (χ0n) is 16.3. The molecule has 0 unspecified atom stereocenters. The topological polar surface area (TPSA) is 116 Å². The fourth-order valence-corrected chi connectivity index (χ4v) is 3.83. The number of anilines is 1. The van der Waals surface area contributed by atoms with Gasteiger partial charge < -0.3 is 10.1 Å². The van der Waals surface area contributed by atoms with Crippen molar-refractivity contribution < 1.29 is 17.9 Å². The number of rotatable bonds is 6. The third-order valence-corrected chi connectivity index (χ3v) is 5.44. The highest BCUT2D eigenvalue weighted by molar-refractivity contribution is 7.89. The van der Waals surface area contributed by atoms with Crippen molar-refractivity contribution in [2.45, 2.75) is 25.3 Å². The number of ether oxygens (including phenoxy) is 1. The average Bonchev–Trinajstić information content (AvgIpc) is 2.95. The van der Waals surface area contributed by atoms with Crippen LogP contribution in [0.25, 0.3) is 0 Å². The molecule has 0 radical (unpaired) electrons. The molecule has 1 heterocycles. The minimum absolute atomic E-state index is 0.105. The average molecular weight is 414 g/mol. The Morgan fingerprint density at radius 3 is 2.48 bits per heavy atom. The molecule has 3 N–H and O–H groups in total. The van der Waals surface area contributed by atoms with E-state index in [2.05, 4.69) is 10.4 Å². The first-order valence-electron chi connectivity index (χ1n) is 8.81. The van der Waals surface area contributed by atoms with Gasteiger partial charge in [0.2, 0.25) is 10.0 Å². The summed E-state index contributed by atoms with van der Waals surface area (Å²) in [5, 5.41) is 12.4. The Balaban J connectivity index is 1.88. The molecule has 9 heteroatoms. The molecule has 0 atom stereocenters. The number of methoxy groups -OCH3 is 1. The molecule has 0 aliphatic heterocycles. The Kier molecular flexibility index (Phi) is 5.71. The fraction of sp³-hybridized carbons (Fsp3) is 0.200. The summed E-state index contributed by atoms with van der Waals surface area (Å²) < 4.78 is 30.4. The van der Waals surface area contributed by atoms with Crippen LogP contribution in [-0.2, 0) is 16.6 Å². The van der Waals surface area contributed by atoms with Crippen LogP contribution < -0.4 is 15.2 Å². The lowest BCUT2D eigenvalue weighted by Gasteiger charge is -2.11. The summed E-state index contributed by atoms with van der Waals surface area (Å²) in [6.45, 7) is 4.12. The van der Waals surface area contributed by atoms with Gasteiger partial charge >= 0.3 is 0 Å². The molecule has 152 valence electrons. The third-order valence-electron chi connectivity index (χ3n) is 4.51. The Labute approximate surface area is 169 Å². The number of benzene rings is 2. The van der Waals surface area contributed by atoms with Gasteiger partial charge in [0.05, 0.1) is 24.9 Å². The summed E-state index contributed by atoms with van der Waals surface area (Å²) in [6.07, 6.45) is 0. The molecule has 3 aromatic rings. The van der Waals surface area contributed by atoms with Gasteiger partial charge in [0.1, 0.15) is 10.6 Å². The van der Waals surface area contributed by atoms with E-state index in [0.29, 0.717) is 23.5 Å². The van der Waals surface area contributed by atoms with Crippen molar-refractivity contribution in [3.05, 3.63) is 71.0 Å². The van der Waals surface area contributed by atoms with Crippen molar-refractivity contribution in [1.82, 2.24) is 9.78 Å². The van der Waals surface area contributed by atoms with E-state index in [1.807, 2.05) is 37.3 Å². The smallest absolute Gasteiger partial charge is 0.259 e. The monoisotopic (exact) mass is 414 g/mol. The Morgan fingerprint density at radius 2 is 1.86 bits per heavy atom. The number of sulfonamides is 1. The molecule has 0 saturated carbocycles. The molecule has 8 nitrogen and oxygen atoms in total. The van der Waals surface area contributed by atoms with Crippen molar-refractivity contribution in [1.29, 1.82) is 0 Å². The van der Waals surface area contributed by atoms with Crippen molar-refractivity contribution in [3.63, 3.8) is 0 Å². The SMILES string of the molecule is COc1ccc(NC(=O)c2c(C)nn(Cc3ccccc3)c2C)cc1S(N)(=O)=O. The van der Waals surface area contributed by atoms with E-state index in [1.165, 1.54) is 19.2 Å². The molecule has 0 aliphatic carbocycles. The molecule has 29 heavy (non-hydrogen) atoms. The van der Waals surface area contributed by atoms with Gasteiger partial charge in [-0.15, -0.1) is 0 Å². The maximum absolute atomic E-state index is 12.9. The molecule has 0 aliphatic rings. The predicted molar refractivity (Wildman–Crippen MR) is 110 cm³/mol. The second-order valence-corrected chi connectivity index (χ2v) is 8.08. The summed E-state index contributed by atoms with van der Waals surface area (Å²) in [5.74, 6) is -0.279. The van der Waals surface area contributed by atoms with E-state index in [4.69, 9.17) is 9.88 Å². The van der Waals surface area contributed by atoms with Crippen LogP contribution in [0.4, 0.5) is 5.69 Å². The molecule has 1 amide bonds. The maximum atomic E-state index is 12.9. The van der Waals surface area contributed by atoms with Gasteiger partial charge in [-0.1, -0.05) is 30.3 Å². The van der Waals surface area contributed by atoms with Gasteiger partial charge in [-0.3, -0.25) is 9.48 Å². The van der Waals surface area contributed by atoms with Gasteiger partial charge in [-0.25, -0.2) is 13.6 Å². The van der Waals surface area contributed by atoms with E-state index < -0.39 is 10.0 Å². The standard InChI is InChI=1S/C20H22N4O4S/c1-13-19(14(2)24(23-13)12-15-7-5-4-6-8-15)20(25)22-16-9-10-17(28-3)18(11-16)29(21,26)27/h4-11H,12H2,1-3H3,(H,22,25)(H2,21,26,27). The number of hydrogen-bond donors (Lipinski definition) is 2. The van der Waals surface area contributed by atoms with Crippen molar-refractivity contribution in [3.8, 4) is 5.75 Å². The molecule has 0 fully saturated rings. The number of nitrogens with zero attached hydrogens (tertiary/aromatic N) is 2. The molecule has 0 spiro atoms. The maximum Gasteiger partial charge on any atom is 0.259 e. The van der Waals surface area contributed by atoms with Crippen LogP contribution in [0.15, 0.2) is 53.4 Å². The first kappa shape index (κ1) is 20.6. The highest BCUT2D eigenvalue weighted by Crippen LogP contribution is 2.27. The molecular formula is C20H22N4O4S. The molecule has 1 aromatic heterocycles. The lowest BCUT2D eigenvalue weighted by atomic mass is 10.1. The number of aryl methyl sites for hydroxylation is 1. The predicted octanol–water partition coefficient (Wildman–Crippen LogP) is 2.46. The van der Waals surface area contributed by atoms with E-state index in [0.717, 1.165) is 5.56 Å². The third kappa shape index (κ3) is 4.47. The lowest BCUT2D eigenvalue weighted by Crippen LogP contribution is -2.17. The number of hydrogen-bond acceptors (Lipinski definition) is 5. The van der Waals surface area contributed by atoms with Crippen molar-refractivity contribution >= 4 is 21.6 Å². The van der Waals surface area contributed by atoms with Crippen LogP contribution in [0.1, 0.15) is 27.3 Å². The molecule has 2 aromatic carbocycles. The second-order valence-electron chi connectivity index (χ2n) is 6.55. The summed E-state index contributed by atoms with van der Waals surface area (Å²) in [7, 11) is -2.66. The second kappa shape index (κ2) is 8.06. The van der Waals surface area contributed by atoms with Gasteiger partial charge in [-0.2, -0.15) is 5.10 Å². The first-order valence-corrected chi connectivity index (χ1v) is 10.4. The zero-order chi connectivity index (χ0) is 21.2. The number of carbonyl (C=O) groups excluding carboxylic acids is 1. The minimum atomic E-state index is -4.01. The normalized spacial score (nSPS) is 11.3. The molecular weight excluding hydrogens is 392 g/mol. The van der Waals surface area contributed by atoms with Crippen LogP contribution in [0.5, 0.6) is 5.75 Å². The zero-order valence-corrected chi connectivity index (χ0v) is 17.2. The van der Waals surface area contributed by atoms with Crippen molar-refractivity contribution in [2.75, 3.05) is 12.4 Å². The van der Waals surface area contributed by atoms with Gasteiger partial charge in [-0.05, 0) is 37.6 Å². The van der Waals surface area contributed by atoms with E-state index >= 15 is 0 Å². The van der Waals surface area contributed by atoms with E-state index in [1.54, 1.807) is 17.7 Å². The highest BCUT2D eigenvalue weighted by atomic mass is 32.2. The van der Waals surface area contributed by atoms with Crippen LogP contribution in [0.2, 0.25) is 0 Å². The van der Waals surface area contributed by atoms with Crippen LogP contribution in [-0.4, -0.2) is 31.2 Å². The number of amides is 1. The number of carbonyl (C=O) groups is 1. The lowest BCUT2D eigenvalue weighted by molar-refractivity contribution is 0.102. The molecule has 0 saturated heterocycles. The van der Waals surface area contributed by atoms with Crippen LogP contribution in [0.3, 0.4) is 0 Å². The molecule has 0 bridgehead atoms. The largest absolute Gasteiger partial charge is 0.495 e. The minimum Gasteiger partial charge on any atom is -0.495 e. The number of primary sulfonamides is 1. The number of nitrogens with one attached hydrogen (secondary N) is 1. The number of nitrogens with two attached hydrogens (primary N) is 1. The summed E-state index contributed by atoms with van der Waals surface area (Å²) in [5.41, 5.74) is 3.08. The van der Waals surface area contributed by atoms with Crippen LogP contribution in [0, 0.1) is 13.8 Å². The van der Waals surface area contributed by atoms with Crippen LogP contribution >= 0.6 is 0 Å². The van der Waals surface area contributed by atoms with Gasteiger partial charge in [0.15, 0.2) is 0 Å². The van der Waals surface area contributed by atoms with Gasteiger partial charge in [0.25, 0.3) is 5.91 Å². The first-order chi connectivity index (χ1) is 13.7. The highest BCUT2D eigenvalue weighted by Gasteiger charge is 2.21. The summed E-state index contributed by atoms with van der Waals surface area (Å²) in [4.78, 5) is 12.7. The molecule has 3 rings (SSSR count). The van der Waals surface area contributed by atoms with Crippen molar-refractivity contribution in [2.24, 2.45) is 5.14 Å². The quantitative estimate of drug-likeness (QED) is 0.643. The Bertz CT molecular complexity index is 1150. The Hall–Kier alpha value is -3.17.